The molecule has 1 aromatic carbocycles. The number of benzene rings is 1. The van der Waals surface area contributed by atoms with E-state index in [9.17, 15) is 5.11 Å². The van der Waals surface area contributed by atoms with Crippen LogP contribution < -0.4 is 9.67 Å². The van der Waals surface area contributed by atoms with Crippen molar-refractivity contribution in [3.05, 3.63) is 47.0 Å². The Morgan fingerprint density at radius 2 is 2.00 bits per heavy atom. The zero-order valence-corrected chi connectivity index (χ0v) is 8.49. The van der Waals surface area contributed by atoms with E-state index in [2.05, 4.69) is 12.1 Å². The fourth-order valence-corrected chi connectivity index (χ4v) is 2.16. The number of aromatic nitrogens is 1. The molecule has 0 atom stereocenters. The Morgan fingerprint density at radius 3 is 2.80 bits per heavy atom. The van der Waals surface area contributed by atoms with Gasteiger partial charge in [-0.05, 0) is 5.56 Å². The van der Waals surface area contributed by atoms with Crippen LogP contribution in [0.5, 0.6) is 5.95 Å². The zero-order valence-electron chi connectivity index (χ0n) is 8.49. The number of hydrogen-bond donors (Lipinski definition) is 0. The second-order valence-electron chi connectivity index (χ2n) is 3.89. The molecule has 15 heavy (non-hydrogen) atoms. The van der Waals surface area contributed by atoms with Crippen LogP contribution in [-0.4, -0.2) is 0 Å². The van der Waals surface area contributed by atoms with Gasteiger partial charge in [0, 0.05) is 12.5 Å². The number of fused-ring (bicyclic) bond motifs is 2. The van der Waals surface area contributed by atoms with Crippen molar-refractivity contribution in [2.45, 2.75) is 19.9 Å². The number of hydrogen-bond acceptors (Lipinski definition) is 2. The fraction of sp³-hybridized carbons (Fsp3) is 0.250. The van der Waals surface area contributed by atoms with Crippen molar-refractivity contribution in [3.8, 4) is 5.95 Å². The molecule has 76 valence electrons. The summed E-state index contributed by atoms with van der Waals surface area (Å²) in [5.74, 6) is 0.506. The topological polar surface area (TPSA) is 40.1 Å². The van der Waals surface area contributed by atoms with Crippen LogP contribution in [0.15, 0.2) is 28.7 Å². The monoisotopic (exact) mass is 201 g/mol. The average molecular weight is 201 g/mol. The smallest absolute Gasteiger partial charge is 0.233 e. The predicted octanol–water partition coefficient (Wildman–Crippen LogP) is 0.902. The highest BCUT2D eigenvalue weighted by Crippen LogP contribution is 2.23. The maximum atomic E-state index is 11.5. The highest BCUT2D eigenvalue weighted by molar-refractivity contribution is 5.32. The van der Waals surface area contributed by atoms with E-state index in [-0.39, 0.29) is 5.95 Å². The summed E-state index contributed by atoms with van der Waals surface area (Å²) in [5.41, 5.74) is 3.28. The van der Waals surface area contributed by atoms with Gasteiger partial charge in [-0.1, -0.05) is 24.3 Å². The molecule has 0 saturated carbocycles. The van der Waals surface area contributed by atoms with Crippen LogP contribution in [0.1, 0.15) is 22.7 Å². The molecule has 0 bridgehead atoms. The van der Waals surface area contributed by atoms with E-state index in [0.29, 0.717) is 12.3 Å². The summed E-state index contributed by atoms with van der Waals surface area (Å²) in [5, 5.41) is 11.5. The normalized spacial score (nSPS) is 13.4. The molecule has 1 aliphatic heterocycles. The molecule has 0 saturated heterocycles. The zero-order chi connectivity index (χ0) is 10.4. The summed E-state index contributed by atoms with van der Waals surface area (Å²) in [4.78, 5) is 0. The van der Waals surface area contributed by atoms with E-state index in [1.54, 1.807) is 0 Å². The van der Waals surface area contributed by atoms with Gasteiger partial charge in [0.1, 0.15) is 5.95 Å². The molecule has 2 aromatic rings. The highest BCUT2D eigenvalue weighted by atomic mass is 16.5. The Morgan fingerprint density at radius 1 is 1.27 bits per heavy atom. The minimum Gasteiger partial charge on any atom is -0.540 e. The molecule has 3 rings (SSSR count). The third kappa shape index (κ3) is 1.16. The van der Waals surface area contributed by atoms with E-state index < -0.39 is 0 Å². The van der Waals surface area contributed by atoms with Gasteiger partial charge in [0.15, 0.2) is 6.54 Å². The second-order valence-corrected chi connectivity index (χ2v) is 3.89. The van der Waals surface area contributed by atoms with Crippen molar-refractivity contribution in [3.63, 3.8) is 0 Å². The van der Waals surface area contributed by atoms with Crippen molar-refractivity contribution in [1.29, 1.82) is 0 Å². The first-order chi connectivity index (χ1) is 7.25. The van der Waals surface area contributed by atoms with E-state index in [1.807, 2.05) is 23.6 Å². The maximum absolute atomic E-state index is 11.5. The summed E-state index contributed by atoms with van der Waals surface area (Å²) in [6.07, 6.45) is 0.687. The lowest BCUT2D eigenvalue weighted by atomic mass is 9.99. The summed E-state index contributed by atoms with van der Waals surface area (Å²) in [7, 11) is 0. The molecule has 0 radical (unpaired) electrons. The van der Waals surface area contributed by atoms with Gasteiger partial charge in [-0.15, -0.1) is 0 Å². The summed E-state index contributed by atoms with van der Waals surface area (Å²) in [6, 6.07) is 8.20. The Bertz CT molecular complexity index is 483. The van der Waals surface area contributed by atoms with Gasteiger partial charge in [0.05, 0.1) is 6.42 Å². The number of rotatable bonds is 0. The Labute approximate surface area is 87.6 Å². The van der Waals surface area contributed by atoms with Crippen molar-refractivity contribution < 1.29 is 14.1 Å². The number of nitrogens with zero attached hydrogens (tertiary/aromatic N) is 1. The van der Waals surface area contributed by atoms with E-state index in [4.69, 9.17) is 4.42 Å². The van der Waals surface area contributed by atoms with Gasteiger partial charge in [-0.25, -0.2) is 0 Å². The van der Waals surface area contributed by atoms with Gasteiger partial charge in [-0.3, -0.25) is 0 Å². The van der Waals surface area contributed by atoms with Crippen LogP contribution in [0, 0.1) is 6.92 Å². The lowest BCUT2D eigenvalue weighted by molar-refractivity contribution is -0.706. The van der Waals surface area contributed by atoms with Crippen LogP contribution in [0.3, 0.4) is 0 Å². The second kappa shape index (κ2) is 2.86. The van der Waals surface area contributed by atoms with Crippen molar-refractivity contribution in [2.24, 2.45) is 0 Å². The maximum Gasteiger partial charge on any atom is 0.233 e. The van der Waals surface area contributed by atoms with Gasteiger partial charge in [0.2, 0.25) is 11.6 Å². The van der Waals surface area contributed by atoms with Crippen LogP contribution in [0.4, 0.5) is 0 Å². The van der Waals surface area contributed by atoms with Crippen LogP contribution in [0.2, 0.25) is 0 Å². The minimum absolute atomic E-state index is 0.193. The van der Waals surface area contributed by atoms with Gasteiger partial charge >= 0.3 is 0 Å². The first-order valence-electron chi connectivity index (χ1n) is 5.01. The molecule has 0 fully saturated rings. The molecule has 0 spiro atoms. The molecule has 0 aliphatic carbocycles. The number of oxazole rings is 1. The van der Waals surface area contributed by atoms with Crippen molar-refractivity contribution in [1.82, 2.24) is 0 Å². The van der Waals surface area contributed by atoms with Crippen molar-refractivity contribution in [2.75, 3.05) is 0 Å². The van der Waals surface area contributed by atoms with E-state index in [0.717, 1.165) is 12.2 Å². The van der Waals surface area contributed by atoms with Crippen molar-refractivity contribution >= 4 is 0 Å². The largest absolute Gasteiger partial charge is 0.540 e. The lowest BCUT2D eigenvalue weighted by Gasteiger charge is -2.12. The van der Waals surface area contributed by atoms with Crippen LogP contribution >= 0.6 is 0 Å². The Balaban J connectivity index is 2.16. The molecule has 1 aromatic heterocycles. The fourth-order valence-electron chi connectivity index (χ4n) is 2.16. The van der Waals surface area contributed by atoms with Gasteiger partial charge < -0.3 is 9.52 Å². The molecule has 0 unspecified atom stereocenters. The standard InChI is InChI=1S/C12H11NO2/c1-8-13-7-10-5-3-2-4-9(10)6-11(13)12(14)15-8/h2-5H,6-7H2,1H3. The van der Waals surface area contributed by atoms with Gasteiger partial charge in [0.25, 0.3) is 0 Å². The minimum atomic E-state index is -0.193. The molecular weight excluding hydrogens is 190 g/mol. The predicted molar refractivity (Wildman–Crippen MR) is 51.4 cm³/mol. The van der Waals surface area contributed by atoms with E-state index in [1.165, 1.54) is 11.1 Å². The Kier molecular flexibility index (Phi) is 1.63. The molecule has 0 amide bonds. The van der Waals surface area contributed by atoms with E-state index >= 15 is 0 Å². The average Bonchev–Trinajstić information content (AvgIpc) is 2.52. The van der Waals surface area contributed by atoms with Crippen LogP contribution in [-0.2, 0) is 13.0 Å². The third-order valence-corrected chi connectivity index (χ3v) is 2.99. The summed E-state index contributed by atoms with van der Waals surface area (Å²) < 4.78 is 7.07. The summed E-state index contributed by atoms with van der Waals surface area (Å²) >= 11 is 0. The lowest BCUT2D eigenvalue weighted by Crippen LogP contribution is -2.42. The van der Waals surface area contributed by atoms with Gasteiger partial charge in [-0.2, -0.15) is 4.57 Å². The first kappa shape index (κ1) is 8.53. The third-order valence-electron chi connectivity index (χ3n) is 2.99. The first-order valence-corrected chi connectivity index (χ1v) is 5.01. The molecule has 0 N–H and O–H groups in total. The highest BCUT2D eigenvalue weighted by Gasteiger charge is 2.25. The molecule has 3 nitrogen and oxygen atoms in total. The summed E-state index contributed by atoms with van der Waals surface area (Å²) in [6.45, 7) is 2.59. The quantitative estimate of drug-likeness (QED) is 0.507. The van der Waals surface area contributed by atoms with Crippen LogP contribution in [0.25, 0.3) is 0 Å². The SMILES string of the molecule is Cc1oc([O-])c2[n+]1Cc1ccccc1C2. The molecule has 1 aliphatic rings. The number of aryl methyl sites for hydroxylation is 1. The molecule has 2 heterocycles. The molecule has 3 heteroatoms. The Hall–Kier alpha value is -1.77. The molecular formula is C12H11NO2.